The minimum atomic E-state index is 0.0186. The molecule has 0 bridgehead atoms. The van der Waals surface area contributed by atoms with Crippen LogP contribution in [0.5, 0.6) is 0 Å². The molecule has 1 amide bonds. The van der Waals surface area contributed by atoms with Gasteiger partial charge in [-0.25, -0.2) is 0 Å². The van der Waals surface area contributed by atoms with E-state index in [0.29, 0.717) is 12.3 Å². The molecule has 3 heteroatoms. The number of ether oxygens (including phenoxy) is 1. The largest absolute Gasteiger partial charge is 0.381 e. The Morgan fingerprint density at radius 1 is 1.30 bits per heavy atom. The summed E-state index contributed by atoms with van der Waals surface area (Å²) >= 11 is 0. The molecular weight excluding hydrogens is 286 g/mol. The lowest BCUT2D eigenvalue weighted by molar-refractivity contribution is -0.122. The zero-order valence-corrected chi connectivity index (χ0v) is 14.0. The van der Waals surface area contributed by atoms with Crippen molar-refractivity contribution in [3.05, 3.63) is 47.5 Å². The van der Waals surface area contributed by atoms with E-state index in [2.05, 4.69) is 48.7 Å². The first-order valence-corrected chi connectivity index (χ1v) is 8.77. The summed E-state index contributed by atoms with van der Waals surface area (Å²) in [6, 6.07) is 8.56. The summed E-state index contributed by atoms with van der Waals surface area (Å²) in [5.74, 6) is 0.611. The van der Waals surface area contributed by atoms with Crippen LogP contribution in [-0.4, -0.2) is 25.7 Å². The van der Waals surface area contributed by atoms with E-state index in [4.69, 9.17) is 4.74 Å². The van der Waals surface area contributed by atoms with E-state index in [0.717, 1.165) is 45.4 Å². The number of aryl methyl sites for hydroxylation is 1. The van der Waals surface area contributed by atoms with E-state index >= 15 is 0 Å². The number of carbonyl (C=O) groups is 1. The summed E-state index contributed by atoms with van der Waals surface area (Å²) in [5.41, 5.74) is 2.69. The zero-order chi connectivity index (χ0) is 16.1. The Labute approximate surface area is 139 Å². The van der Waals surface area contributed by atoms with Crippen LogP contribution in [0.2, 0.25) is 0 Å². The highest BCUT2D eigenvalue weighted by Gasteiger charge is 2.35. The lowest BCUT2D eigenvalue weighted by atomic mass is 9.72. The van der Waals surface area contributed by atoms with Crippen LogP contribution in [0.1, 0.15) is 43.2 Å². The van der Waals surface area contributed by atoms with Crippen molar-refractivity contribution >= 4 is 5.91 Å². The quantitative estimate of drug-likeness (QED) is 0.845. The smallest absolute Gasteiger partial charge is 0.220 e. The summed E-state index contributed by atoms with van der Waals surface area (Å²) in [7, 11) is 0. The first-order chi connectivity index (χ1) is 11.2. The Morgan fingerprint density at radius 2 is 2.09 bits per heavy atom. The number of allylic oxidation sites excluding steroid dienone is 2. The molecule has 1 heterocycles. The minimum Gasteiger partial charge on any atom is -0.381 e. The van der Waals surface area contributed by atoms with Crippen molar-refractivity contribution in [2.75, 3.05) is 19.8 Å². The fraction of sp³-hybridized carbons (Fsp3) is 0.550. The molecule has 1 unspecified atom stereocenters. The number of benzene rings is 1. The highest BCUT2D eigenvalue weighted by molar-refractivity contribution is 5.76. The maximum absolute atomic E-state index is 12.3. The second kappa shape index (κ2) is 7.31. The van der Waals surface area contributed by atoms with Crippen molar-refractivity contribution in [3.8, 4) is 0 Å². The van der Waals surface area contributed by atoms with Crippen LogP contribution in [-0.2, 0) is 14.9 Å². The van der Waals surface area contributed by atoms with Crippen molar-refractivity contribution in [1.29, 1.82) is 0 Å². The van der Waals surface area contributed by atoms with Crippen molar-refractivity contribution in [2.45, 2.75) is 44.4 Å². The summed E-state index contributed by atoms with van der Waals surface area (Å²) in [5, 5.41) is 3.22. The lowest BCUT2D eigenvalue weighted by Crippen LogP contribution is -2.45. The topological polar surface area (TPSA) is 38.3 Å². The summed E-state index contributed by atoms with van der Waals surface area (Å²) in [4.78, 5) is 12.3. The molecule has 0 radical (unpaired) electrons. The monoisotopic (exact) mass is 313 g/mol. The molecule has 0 spiro atoms. The molecular formula is C20H27NO2. The standard InChI is InChI=1S/C20H27NO2/c1-16-6-2-5-9-18(16)20(10-12-23-13-11-20)15-21-19(22)14-17-7-3-4-8-17/h2-3,5-7,9,17H,4,8,10-15H2,1H3,(H,21,22). The second-order valence-corrected chi connectivity index (χ2v) is 6.95. The molecule has 2 aliphatic rings. The number of hydrogen-bond donors (Lipinski definition) is 1. The third-order valence-corrected chi connectivity index (χ3v) is 5.35. The van der Waals surface area contributed by atoms with Gasteiger partial charge in [0, 0.05) is 31.6 Å². The summed E-state index contributed by atoms with van der Waals surface area (Å²) in [6.07, 6.45) is 9.17. The molecule has 0 saturated carbocycles. The number of hydrogen-bond acceptors (Lipinski definition) is 2. The van der Waals surface area contributed by atoms with E-state index in [-0.39, 0.29) is 11.3 Å². The van der Waals surface area contributed by atoms with Gasteiger partial charge in [-0.1, -0.05) is 36.4 Å². The van der Waals surface area contributed by atoms with Crippen molar-refractivity contribution in [1.82, 2.24) is 5.32 Å². The van der Waals surface area contributed by atoms with E-state index in [1.54, 1.807) is 0 Å². The van der Waals surface area contributed by atoms with Crippen LogP contribution >= 0.6 is 0 Å². The Morgan fingerprint density at radius 3 is 2.78 bits per heavy atom. The molecule has 1 atom stereocenters. The van der Waals surface area contributed by atoms with Gasteiger partial charge in [-0.3, -0.25) is 4.79 Å². The predicted molar refractivity (Wildman–Crippen MR) is 92.4 cm³/mol. The fourth-order valence-electron chi connectivity index (χ4n) is 3.91. The van der Waals surface area contributed by atoms with Crippen LogP contribution in [0.25, 0.3) is 0 Å². The number of carbonyl (C=O) groups excluding carboxylic acids is 1. The fourth-order valence-corrected chi connectivity index (χ4v) is 3.91. The van der Waals surface area contributed by atoms with Gasteiger partial charge in [0.05, 0.1) is 0 Å². The lowest BCUT2D eigenvalue weighted by Gasteiger charge is -2.39. The third-order valence-electron chi connectivity index (χ3n) is 5.35. The minimum absolute atomic E-state index is 0.0186. The molecule has 124 valence electrons. The van der Waals surface area contributed by atoms with Crippen LogP contribution in [0.4, 0.5) is 0 Å². The highest BCUT2D eigenvalue weighted by Crippen LogP contribution is 2.36. The van der Waals surface area contributed by atoms with Crippen LogP contribution in [0, 0.1) is 12.8 Å². The summed E-state index contributed by atoms with van der Waals surface area (Å²) < 4.78 is 5.58. The van der Waals surface area contributed by atoms with Gasteiger partial charge in [0.1, 0.15) is 0 Å². The normalized spacial score (nSPS) is 22.9. The third kappa shape index (κ3) is 3.84. The van der Waals surface area contributed by atoms with E-state index < -0.39 is 0 Å². The molecule has 1 aliphatic carbocycles. The van der Waals surface area contributed by atoms with Gasteiger partial charge in [-0.05, 0) is 49.7 Å². The van der Waals surface area contributed by atoms with E-state index in [9.17, 15) is 4.79 Å². The number of rotatable bonds is 5. The Hall–Kier alpha value is -1.61. The molecule has 1 aromatic carbocycles. The van der Waals surface area contributed by atoms with Crippen molar-refractivity contribution in [3.63, 3.8) is 0 Å². The Kier molecular flexibility index (Phi) is 5.16. The van der Waals surface area contributed by atoms with Gasteiger partial charge < -0.3 is 10.1 Å². The average Bonchev–Trinajstić information content (AvgIpc) is 3.07. The molecule has 1 aromatic rings. The van der Waals surface area contributed by atoms with Crippen LogP contribution in [0.3, 0.4) is 0 Å². The van der Waals surface area contributed by atoms with Gasteiger partial charge in [0.2, 0.25) is 5.91 Å². The van der Waals surface area contributed by atoms with Gasteiger partial charge in [-0.2, -0.15) is 0 Å². The maximum atomic E-state index is 12.3. The highest BCUT2D eigenvalue weighted by atomic mass is 16.5. The first-order valence-electron chi connectivity index (χ1n) is 8.77. The molecule has 3 rings (SSSR count). The van der Waals surface area contributed by atoms with Gasteiger partial charge in [-0.15, -0.1) is 0 Å². The Bertz CT molecular complexity index is 573. The van der Waals surface area contributed by atoms with Crippen LogP contribution in [0.15, 0.2) is 36.4 Å². The number of amides is 1. The summed E-state index contributed by atoms with van der Waals surface area (Å²) in [6.45, 7) is 4.43. The van der Waals surface area contributed by atoms with E-state index in [1.165, 1.54) is 11.1 Å². The second-order valence-electron chi connectivity index (χ2n) is 6.95. The van der Waals surface area contributed by atoms with Crippen LogP contribution < -0.4 is 5.32 Å². The predicted octanol–water partition coefficient (Wildman–Crippen LogP) is 3.52. The maximum Gasteiger partial charge on any atom is 0.220 e. The number of nitrogens with one attached hydrogen (secondary N) is 1. The first kappa shape index (κ1) is 16.3. The zero-order valence-electron chi connectivity index (χ0n) is 14.0. The molecule has 1 aliphatic heterocycles. The molecule has 1 fully saturated rings. The van der Waals surface area contributed by atoms with Gasteiger partial charge >= 0.3 is 0 Å². The molecule has 0 aromatic heterocycles. The Balaban J connectivity index is 1.68. The van der Waals surface area contributed by atoms with Crippen molar-refractivity contribution in [2.24, 2.45) is 5.92 Å². The van der Waals surface area contributed by atoms with E-state index in [1.807, 2.05) is 0 Å². The average molecular weight is 313 g/mol. The molecule has 1 saturated heterocycles. The SMILES string of the molecule is Cc1ccccc1C1(CNC(=O)CC2C=CCC2)CCOCC1. The molecule has 1 N–H and O–H groups in total. The molecule has 23 heavy (non-hydrogen) atoms. The molecule has 3 nitrogen and oxygen atoms in total. The van der Waals surface area contributed by atoms with Gasteiger partial charge in [0.25, 0.3) is 0 Å². The van der Waals surface area contributed by atoms with Crippen molar-refractivity contribution < 1.29 is 9.53 Å². The van der Waals surface area contributed by atoms with Gasteiger partial charge in [0.15, 0.2) is 0 Å².